The number of carbonyl (C=O) groups is 1. The van der Waals surface area contributed by atoms with Crippen LogP contribution in [0, 0.1) is 0 Å². The molecule has 1 saturated heterocycles. The van der Waals surface area contributed by atoms with Gasteiger partial charge in [0, 0.05) is 49.0 Å². The highest BCUT2D eigenvalue weighted by atomic mass is 35.5. The first-order valence-corrected chi connectivity index (χ1v) is 12.4. The van der Waals surface area contributed by atoms with E-state index in [0.717, 1.165) is 44.0 Å². The van der Waals surface area contributed by atoms with E-state index >= 15 is 0 Å². The Morgan fingerprint density at radius 3 is 2.31 bits per heavy atom. The third kappa shape index (κ3) is 7.10. The Morgan fingerprint density at radius 1 is 0.971 bits per heavy atom. The number of hydrogen-bond donors (Lipinski definition) is 0. The molecule has 0 atom stereocenters. The number of carbonyl (C=O) groups excluding carboxylic acids is 1. The second-order valence-electron chi connectivity index (χ2n) is 8.80. The average Bonchev–Trinajstić information content (AvgIpc) is 2.83. The normalized spacial score (nSPS) is 14.3. The van der Waals surface area contributed by atoms with Crippen molar-refractivity contribution in [1.82, 2.24) is 9.88 Å². The smallest absolute Gasteiger partial charge is 0.342 e. The van der Waals surface area contributed by atoms with Crippen molar-refractivity contribution in [3.05, 3.63) is 87.5 Å². The lowest BCUT2D eigenvalue weighted by molar-refractivity contribution is 0.0378. The van der Waals surface area contributed by atoms with Crippen molar-refractivity contribution in [2.24, 2.45) is 0 Å². The van der Waals surface area contributed by atoms with Crippen LogP contribution in [0.25, 0.3) is 0 Å². The van der Waals surface area contributed by atoms with Gasteiger partial charge in [-0.2, -0.15) is 0 Å². The topological polar surface area (TPSA) is 54.9 Å². The Kier molecular flexibility index (Phi) is 8.50. The molecule has 0 saturated carbocycles. The number of benzene rings is 2. The van der Waals surface area contributed by atoms with Crippen LogP contribution in [0.2, 0.25) is 10.0 Å². The molecule has 0 unspecified atom stereocenters. The largest absolute Gasteiger partial charge is 0.489 e. The summed E-state index contributed by atoms with van der Waals surface area (Å²) in [6.45, 7) is 8.29. The van der Waals surface area contributed by atoms with Gasteiger partial charge in [-0.1, -0.05) is 35.3 Å². The van der Waals surface area contributed by atoms with E-state index < -0.39 is 0 Å². The number of rotatable bonds is 8. The van der Waals surface area contributed by atoms with Crippen LogP contribution in [0.4, 0.5) is 5.82 Å². The number of piperazine rings is 1. The Bertz CT molecular complexity index is 1130. The molecule has 1 aromatic heterocycles. The third-order valence-electron chi connectivity index (χ3n) is 5.68. The number of pyridine rings is 1. The van der Waals surface area contributed by atoms with Gasteiger partial charge in [0.15, 0.2) is 0 Å². The van der Waals surface area contributed by atoms with Crippen LogP contribution < -0.4 is 9.64 Å². The molecule has 8 heteroatoms. The molecule has 0 radical (unpaired) electrons. The van der Waals surface area contributed by atoms with Crippen molar-refractivity contribution in [3.63, 3.8) is 0 Å². The maximum atomic E-state index is 12.5. The Labute approximate surface area is 216 Å². The van der Waals surface area contributed by atoms with Crippen LogP contribution in [0.1, 0.15) is 35.3 Å². The second kappa shape index (κ2) is 11.8. The summed E-state index contributed by atoms with van der Waals surface area (Å²) in [5.74, 6) is 1.16. The molecule has 1 aliphatic rings. The minimum Gasteiger partial charge on any atom is -0.489 e. The van der Waals surface area contributed by atoms with Gasteiger partial charge in [0.25, 0.3) is 0 Å². The van der Waals surface area contributed by atoms with Crippen molar-refractivity contribution in [1.29, 1.82) is 0 Å². The highest BCUT2D eigenvalue weighted by molar-refractivity contribution is 6.34. The summed E-state index contributed by atoms with van der Waals surface area (Å²) in [5.41, 5.74) is 2.67. The number of aromatic nitrogens is 1. The number of ether oxygens (including phenoxy) is 2. The van der Waals surface area contributed by atoms with Gasteiger partial charge in [-0.05, 0) is 67.4 Å². The highest BCUT2D eigenvalue weighted by Gasteiger charge is 2.23. The molecule has 0 amide bonds. The number of anilines is 1. The van der Waals surface area contributed by atoms with Crippen LogP contribution in [0.5, 0.6) is 5.75 Å². The van der Waals surface area contributed by atoms with Crippen LogP contribution in [0.3, 0.4) is 0 Å². The molecule has 1 aliphatic heterocycles. The van der Waals surface area contributed by atoms with E-state index in [0.29, 0.717) is 28.0 Å². The fraction of sp³-hybridized carbons (Fsp3) is 0.333. The molecular weight excluding hydrogens is 485 g/mol. The number of nitrogens with zero attached hydrogens (tertiary/aromatic N) is 3. The summed E-state index contributed by atoms with van der Waals surface area (Å²) < 4.78 is 11.3. The van der Waals surface area contributed by atoms with E-state index in [1.807, 2.05) is 38.1 Å². The van der Waals surface area contributed by atoms with Gasteiger partial charge in [0.1, 0.15) is 23.7 Å². The van der Waals surface area contributed by atoms with Crippen LogP contribution >= 0.6 is 23.2 Å². The van der Waals surface area contributed by atoms with Crippen LogP contribution in [-0.2, 0) is 17.9 Å². The summed E-state index contributed by atoms with van der Waals surface area (Å²) in [6.07, 6.45) is 1.55. The average molecular weight is 514 g/mol. The van der Waals surface area contributed by atoms with Gasteiger partial charge >= 0.3 is 5.97 Å². The zero-order chi connectivity index (χ0) is 24.8. The maximum absolute atomic E-state index is 12.5. The van der Waals surface area contributed by atoms with Crippen molar-refractivity contribution in [2.75, 3.05) is 31.1 Å². The summed E-state index contributed by atoms with van der Waals surface area (Å²) in [5, 5.41) is 1.20. The van der Waals surface area contributed by atoms with E-state index in [4.69, 9.17) is 32.7 Å². The quantitative estimate of drug-likeness (QED) is 0.352. The van der Waals surface area contributed by atoms with Gasteiger partial charge in [-0.3, -0.25) is 4.90 Å². The molecule has 184 valence electrons. The maximum Gasteiger partial charge on any atom is 0.342 e. The van der Waals surface area contributed by atoms with E-state index in [1.165, 1.54) is 5.56 Å². The van der Waals surface area contributed by atoms with Crippen LogP contribution in [0.15, 0.2) is 60.8 Å². The Morgan fingerprint density at radius 2 is 1.66 bits per heavy atom. The lowest BCUT2D eigenvalue weighted by atomic mass is 10.1. The molecule has 0 N–H and O–H groups in total. The van der Waals surface area contributed by atoms with Gasteiger partial charge in [0.2, 0.25) is 0 Å². The zero-order valence-corrected chi connectivity index (χ0v) is 21.4. The molecule has 6 nitrogen and oxygen atoms in total. The second-order valence-corrected chi connectivity index (χ2v) is 9.68. The van der Waals surface area contributed by atoms with Gasteiger partial charge < -0.3 is 14.4 Å². The SMILES string of the molecule is CC(C)OC(=O)c1cccnc1N1CCN(Cc2ccc(OCc3cc(Cl)cc(Cl)c3)cc2)CC1. The molecule has 0 spiro atoms. The first kappa shape index (κ1) is 25.3. The standard InChI is InChI=1S/C27H29Cl2N3O3/c1-19(2)35-27(33)25-4-3-9-30-26(25)32-12-10-31(11-13-32)17-20-5-7-24(8-6-20)34-18-21-14-22(28)16-23(29)15-21/h3-9,14-16,19H,10-13,17-18H2,1-2H3. The third-order valence-corrected chi connectivity index (χ3v) is 6.11. The molecule has 3 aromatic rings. The molecule has 2 aromatic carbocycles. The molecule has 4 rings (SSSR count). The summed E-state index contributed by atoms with van der Waals surface area (Å²) in [4.78, 5) is 21.5. The number of halogens is 2. The summed E-state index contributed by atoms with van der Waals surface area (Å²) >= 11 is 12.1. The first-order valence-electron chi connectivity index (χ1n) is 11.7. The minimum atomic E-state index is -0.328. The molecule has 0 aliphatic carbocycles. The van der Waals surface area contributed by atoms with Gasteiger partial charge in [-0.15, -0.1) is 0 Å². The fourth-order valence-corrected chi connectivity index (χ4v) is 4.59. The molecule has 0 bridgehead atoms. The molecule has 35 heavy (non-hydrogen) atoms. The molecule has 1 fully saturated rings. The molecule has 2 heterocycles. The molecular formula is C27H29Cl2N3O3. The summed E-state index contributed by atoms with van der Waals surface area (Å²) in [7, 11) is 0. The van der Waals surface area contributed by atoms with E-state index in [1.54, 1.807) is 24.4 Å². The fourth-order valence-electron chi connectivity index (χ4n) is 4.01. The van der Waals surface area contributed by atoms with Gasteiger partial charge in [-0.25, -0.2) is 9.78 Å². The minimum absolute atomic E-state index is 0.167. The van der Waals surface area contributed by atoms with Crippen molar-refractivity contribution in [3.8, 4) is 5.75 Å². The lowest BCUT2D eigenvalue weighted by Crippen LogP contribution is -2.46. The zero-order valence-electron chi connectivity index (χ0n) is 19.9. The first-order chi connectivity index (χ1) is 16.9. The summed E-state index contributed by atoms with van der Waals surface area (Å²) in [6, 6.07) is 17.1. The van der Waals surface area contributed by atoms with E-state index in [9.17, 15) is 4.79 Å². The lowest BCUT2D eigenvalue weighted by Gasteiger charge is -2.36. The van der Waals surface area contributed by atoms with Gasteiger partial charge in [0.05, 0.1) is 6.10 Å². The Hall–Kier alpha value is -2.80. The monoisotopic (exact) mass is 513 g/mol. The Balaban J connectivity index is 1.29. The highest BCUT2D eigenvalue weighted by Crippen LogP contribution is 2.23. The number of hydrogen-bond acceptors (Lipinski definition) is 6. The van der Waals surface area contributed by atoms with E-state index in [-0.39, 0.29) is 12.1 Å². The van der Waals surface area contributed by atoms with Crippen molar-refractivity contribution < 1.29 is 14.3 Å². The van der Waals surface area contributed by atoms with E-state index in [2.05, 4.69) is 26.9 Å². The predicted octanol–water partition coefficient (Wildman–Crippen LogP) is 5.85. The number of esters is 1. The van der Waals surface area contributed by atoms with Crippen molar-refractivity contribution in [2.45, 2.75) is 33.1 Å². The predicted molar refractivity (Wildman–Crippen MR) is 140 cm³/mol. The van der Waals surface area contributed by atoms with Crippen molar-refractivity contribution >= 4 is 35.0 Å². The van der Waals surface area contributed by atoms with Crippen LogP contribution in [-0.4, -0.2) is 48.1 Å².